The van der Waals surface area contributed by atoms with Gasteiger partial charge in [-0.05, 0) is 19.4 Å². The van der Waals surface area contributed by atoms with Crippen molar-refractivity contribution in [3.8, 4) is 0 Å². The summed E-state index contributed by atoms with van der Waals surface area (Å²) in [4.78, 5) is 14.3. The molecule has 0 atom stereocenters. The average Bonchev–Trinajstić information content (AvgIpc) is 2.56. The summed E-state index contributed by atoms with van der Waals surface area (Å²) in [6.07, 6.45) is 2.01. The van der Waals surface area contributed by atoms with Gasteiger partial charge in [0.05, 0.1) is 5.75 Å². The van der Waals surface area contributed by atoms with E-state index in [-0.39, 0.29) is 11.5 Å². The Hall–Kier alpha value is -1.24. The van der Waals surface area contributed by atoms with E-state index in [1.165, 1.54) is 0 Å². The molecule has 2 rings (SSSR count). The molecule has 128 valence electrons. The molecule has 0 amide bonds. The molecular weight excluding hydrogens is 312 g/mol. The van der Waals surface area contributed by atoms with Crippen molar-refractivity contribution < 1.29 is 13.2 Å². The first kappa shape index (κ1) is 18.1. The minimum atomic E-state index is -3.07. The summed E-state index contributed by atoms with van der Waals surface area (Å²) in [7, 11) is -3.07. The minimum Gasteiger partial charge on any atom is -0.301 e. The lowest BCUT2D eigenvalue weighted by Crippen LogP contribution is -2.49. The smallest absolute Gasteiger partial charge is 0.214 e. The Morgan fingerprint density at radius 1 is 1.09 bits per heavy atom. The molecule has 23 heavy (non-hydrogen) atoms. The number of hydrogen-bond donors (Lipinski definition) is 0. The van der Waals surface area contributed by atoms with Gasteiger partial charge in [-0.25, -0.2) is 8.42 Å². The van der Waals surface area contributed by atoms with E-state index in [1.807, 2.05) is 37.3 Å². The summed E-state index contributed by atoms with van der Waals surface area (Å²) in [6, 6.07) is 9.36. The van der Waals surface area contributed by atoms with Crippen LogP contribution in [0.5, 0.6) is 0 Å². The predicted octanol–water partition coefficient (Wildman–Crippen LogP) is 2.01. The Labute approximate surface area is 139 Å². The topological polar surface area (TPSA) is 57.7 Å². The first-order valence-corrected chi connectivity index (χ1v) is 9.92. The third-order valence-corrected chi connectivity index (χ3v) is 6.24. The average molecular weight is 338 g/mol. The Morgan fingerprint density at radius 2 is 1.74 bits per heavy atom. The van der Waals surface area contributed by atoms with E-state index < -0.39 is 10.0 Å². The van der Waals surface area contributed by atoms with Crippen molar-refractivity contribution in [2.45, 2.75) is 26.2 Å². The van der Waals surface area contributed by atoms with Crippen molar-refractivity contribution in [3.63, 3.8) is 0 Å². The van der Waals surface area contributed by atoms with Gasteiger partial charge in [-0.1, -0.05) is 37.3 Å². The summed E-state index contributed by atoms with van der Waals surface area (Å²) in [5.41, 5.74) is 0.767. The molecule has 0 saturated carbocycles. The zero-order chi connectivity index (χ0) is 16.7. The van der Waals surface area contributed by atoms with Gasteiger partial charge in [0.25, 0.3) is 0 Å². The van der Waals surface area contributed by atoms with Crippen LogP contribution in [0.3, 0.4) is 0 Å². The van der Waals surface area contributed by atoms with E-state index in [4.69, 9.17) is 0 Å². The maximum Gasteiger partial charge on any atom is 0.214 e. The molecule has 1 aliphatic rings. The van der Waals surface area contributed by atoms with Gasteiger partial charge < -0.3 is 4.90 Å². The molecule has 1 heterocycles. The zero-order valence-corrected chi connectivity index (χ0v) is 14.6. The molecule has 0 bridgehead atoms. The number of sulfonamides is 1. The van der Waals surface area contributed by atoms with Crippen LogP contribution in [-0.4, -0.2) is 61.9 Å². The van der Waals surface area contributed by atoms with E-state index in [2.05, 4.69) is 4.90 Å². The molecule has 0 radical (unpaired) electrons. The van der Waals surface area contributed by atoms with Gasteiger partial charge in [-0.15, -0.1) is 0 Å². The van der Waals surface area contributed by atoms with Crippen molar-refractivity contribution in [1.82, 2.24) is 9.21 Å². The van der Waals surface area contributed by atoms with Crippen LogP contribution in [-0.2, 0) is 10.0 Å². The van der Waals surface area contributed by atoms with E-state index >= 15 is 0 Å². The van der Waals surface area contributed by atoms with Gasteiger partial charge in [-0.2, -0.15) is 4.31 Å². The Balaban J connectivity index is 1.70. The number of ketones is 1. The Kier molecular flexibility index (Phi) is 6.74. The summed E-state index contributed by atoms with van der Waals surface area (Å²) in [6.45, 7) is 5.37. The van der Waals surface area contributed by atoms with Gasteiger partial charge in [0.15, 0.2) is 5.78 Å². The lowest BCUT2D eigenvalue weighted by molar-refractivity contribution is 0.0971. The van der Waals surface area contributed by atoms with Crippen molar-refractivity contribution in [2.75, 3.05) is 38.5 Å². The summed E-state index contributed by atoms with van der Waals surface area (Å²) in [5, 5.41) is 0. The van der Waals surface area contributed by atoms with Crippen LogP contribution >= 0.6 is 0 Å². The molecule has 1 aromatic rings. The van der Waals surface area contributed by atoms with E-state index in [9.17, 15) is 13.2 Å². The second kappa shape index (κ2) is 8.57. The minimum absolute atomic E-state index is 0.176. The summed E-state index contributed by atoms with van der Waals surface area (Å²) >= 11 is 0. The maximum atomic E-state index is 12.0. The fraction of sp³-hybridized carbons (Fsp3) is 0.588. The van der Waals surface area contributed by atoms with Crippen LogP contribution in [0, 0.1) is 0 Å². The molecule has 0 spiro atoms. The molecule has 0 aromatic heterocycles. The van der Waals surface area contributed by atoms with Gasteiger partial charge >= 0.3 is 0 Å². The highest BCUT2D eigenvalue weighted by molar-refractivity contribution is 7.89. The normalized spacial score (nSPS) is 17.3. The first-order chi connectivity index (χ1) is 11.0. The van der Waals surface area contributed by atoms with Gasteiger partial charge in [0, 0.05) is 38.2 Å². The zero-order valence-electron chi connectivity index (χ0n) is 13.8. The van der Waals surface area contributed by atoms with Crippen LogP contribution in [0.25, 0.3) is 0 Å². The van der Waals surface area contributed by atoms with E-state index in [0.29, 0.717) is 25.9 Å². The highest BCUT2D eigenvalue weighted by Crippen LogP contribution is 2.11. The monoisotopic (exact) mass is 338 g/mol. The molecule has 5 nitrogen and oxygen atoms in total. The number of carbonyl (C=O) groups excluding carboxylic acids is 1. The number of benzene rings is 1. The van der Waals surface area contributed by atoms with Crippen LogP contribution in [0.15, 0.2) is 30.3 Å². The third kappa shape index (κ3) is 5.41. The number of Topliss-reactive ketones (excluding diaryl/α,β-unsaturated/α-hetero) is 1. The largest absolute Gasteiger partial charge is 0.301 e. The number of piperazine rings is 1. The highest BCUT2D eigenvalue weighted by Gasteiger charge is 2.25. The highest BCUT2D eigenvalue weighted by atomic mass is 32.2. The Bertz CT molecular complexity index is 594. The van der Waals surface area contributed by atoms with Crippen LogP contribution in [0.2, 0.25) is 0 Å². The number of hydrogen-bond acceptors (Lipinski definition) is 4. The maximum absolute atomic E-state index is 12.0. The number of rotatable bonds is 8. The summed E-state index contributed by atoms with van der Waals surface area (Å²) in [5.74, 6) is 0.410. The number of nitrogens with zero attached hydrogens (tertiary/aromatic N) is 2. The lowest BCUT2D eigenvalue weighted by atomic mass is 10.1. The van der Waals surface area contributed by atoms with Crippen molar-refractivity contribution in [3.05, 3.63) is 35.9 Å². The predicted molar refractivity (Wildman–Crippen MR) is 92.1 cm³/mol. The molecule has 6 heteroatoms. The molecule has 0 N–H and O–H groups in total. The first-order valence-electron chi connectivity index (χ1n) is 8.31. The van der Waals surface area contributed by atoms with Crippen molar-refractivity contribution in [1.29, 1.82) is 0 Å². The van der Waals surface area contributed by atoms with Gasteiger partial charge in [0.2, 0.25) is 10.0 Å². The molecule has 1 saturated heterocycles. The Morgan fingerprint density at radius 3 is 2.35 bits per heavy atom. The van der Waals surface area contributed by atoms with Gasteiger partial charge in [-0.3, -0.25) is 4.79 Å². The fourth-order valence-corrected chi connectivity index (χ4v) is 4.34. The molecule has 0 aliphatic carbocycles. The van der Waals surface area contributed by atoms with Crippen LogP contribution in [0.1, 0.15) is 36.5 Å². The molecule has 1 fully saturated rings. The molecular formula is C17H26N2O3S. The third-order valence-electron chi connectivity index (χ3n) is 4.16. The van der Waals surface area contributed by atoms with Gasteiger partial charge in [0.1, 0.15) is 0 Å². The van der Waals surface area contributed by atoms with E-state index in [0.717, 1.165) is 31.6 Å². The number of carbonyl (C=O) groups is 1. The van der Waals surface area contributed by atoms with Crippen LogP contribution in [0.4, 0.5) is 0 Å². The second-order valence-electron chi connectivity index (χ2n) is 5.95. The van der Waals surface area contributed by atoms with Crippen molar-refractivity contribution in [2.24, 2.45) is 0 Å². The molecule has 1 aromatic carbocycles. The SMILES string of the molecule is CCCS(=O)(=O)N1CCN(CCCC(=O)c2ccccc2)CC1. The second-order valence-corrected chi connectivity index (χ2v) is 8.04. The van der Waals surface area contributed by atoms with Crippen molar-refractivity contribution >= 4 is 15.8 Å². The molecule has 0 unspecified atom stereocenters. The molecule has 1 aliphatic heterocycles. The fourth-order valence-electron chi connectivity index (χ4n) is 2.85. The van der Waals surface area contributed by atoms with Crippen LogP contribution < -0.4 is 0 Å². The summed E-state index contributed by atoms with van der Waals surface area (Å²) < 4.78 is 25.6. The van der Waals surface area contributed by atoms with E-state index in [1.54, 1.807) is 4.31 Å². The quantitative estimate of drug-likeness (QED) is 0.680. The lowest BCUT2D eigenvalue weighted by Gasteiger charge is -2.33. The standard InChI is InChI=1S/C17H26N2O3S/c1-2-15-23(21,22)19-13-11-18(12-14-19)10-6-9-17(20)16-7-4-3-5-8-16/h3-5,7-8H,2,6,9-15H2,1H3.